The lowest BCUT2D eigenvalue weighted by Gasteiger charge is -2.15. The largest absolute Gasteiger partial charge is 0.329 e. The number of carbonyl (C=O) groups excluding carboxylic acids is 1. The van der Waals surface area contributed by atoms with E-state index in [4.69, 9.17) is 0 Å². The fourth-order valence-electron chi connectivity index (χ4n) is 2.33. The molecule has 0 aliphatic heterocycles. The molecule has 124 valence electrons. The Bertz CT molecular complexity index is 801. The van der Waals surface area contributed by atoms with Gasteiger partial charge in [0.05, 0.1) is 11.7 Å². The molecule has 3 aromatic rings. The third kappa shape index (κ3) is 3.57. The van der Waals surface area contributed by atoms with Crippen molar-refractivity contribution in [1.29, 1.82) is 0 Å². The number of nitrogens with one attached hydrogen (secondary N) is 2. The summed E-state index contributed by atoms with van der Waals surface area (Å²) in [6.45, 7) is 3.95. The van der Waals surface area contributed by atoms with Crippen molar-refractivity contribution >= 4 is 23.1 Å². The summed E-state index contributed by atoms with van der Waals surface area (Å²) in [5.74, 6) is 0. The highest BCUT2D eigenvalue weighted by Crippen LogP contribution is 2.20. The Morgan fingerprint density at radius 1 is 1.42 bits per heavy atom. The Labute approximate surface area is 142 Å². The molecule has 0 aliphatic carbocycles. The van der Waals surface area contributed by atoms with Gasteiger partial charge in [-0.15, -0.1) is 16.4 Å². The van der Waals surface area contributed by atoms with Gasteiger partial charge in [0.1, 0.15) is 11.3 Å². The summed E-state index contributed by atoms with van der Waals surface area (Å²) in [5, 5.41) is 19.7. The smallest absolute Gasteiger partial charge is 0.319 e. The fourth-order valence-corrected chi connectivity index (χ4v) is 3.11. The SMILES string of the molecule is CC[C@@H](NC(=O)Nc1ccc(-n2cnnn2)c(C)c1)c1nccs1. The van der Waals surface area contributed by atoms with Crippen LogP contribution in [-0.2, 0) is 0 Å². The first-order valence-electron chi connectivity index (χ1n) is 7.48. The molecule has 2 amide bonds. The first-order valence-corrected chi connectivity index (χ1v) is 8.36. The minimum absolute atomic E-state index is 0.0911. The predicted molar refractivity (Wildman–Crippen MR) is 91.2 cm³/mol. The second-order valence-corrected chi connectivity index (χ2v) is 6.11. The topological polar surface area (TPSA) is 97.6 Å². The van der Waals surface area contributed by atoms with Crippen molar-refractivity contribution < 1.29 is 4.79 Å². The summed E-state index contributed by atoms with van der Waals surface area (Å²) in [6, 6.07) is 5.20. The lowest BCUT2D eigenvalue weighted by Crippen LogP contribution is -2.32. The summed E-state index contributed by atoms with van der Waals surface area (Å²) in [5.41, 5.74) is 2.52. The Balaban J connectivity index is 1.67. The number of nitrogens with zero attached hydrogens (tertiary/aromatic N) is 5. The van der Waals surface area contributed by atoms with Gasteiger partial charge in [0, 0.05) is 17.3 Å². The number of aryl methyl sites for hydroxylation is 1. The average Bonchev–Trinajstić information content (AvgIpc) is 3.26. The van der Waals surface area contributed by atoms with Gasteiger partial charge in [-0.3, -0.25) is 0 Å². The van der Waals surface area contributed by atoms with Gasteiger partial charge in [0.25, 0.3) is 0 Å². The lowest BCUT2D eigenvalue weighted by molar-refractivity contribution is 0.248. The quantitative estimate of drug-likeness (QED) is 0.742. The van der Waals surface area contributed by atoms with Gasteiger partial charge in [-0.1, -0.05) is 6.92 Å². The minimum Gasteiger partial charge on any atom is -0.329 e. The van der Waals surface area contributed by atoms with Crippen LogP contribution in [0.5, 0.6) is 0 Å². The van der Waals surface area contributed by atoms with E-state index in [1.54, 1.807) is 10.9 Å². The molecule has 1 atom stereocenters. The number of hydrogen-bond donors (Lipinski definition) is 2. The van der Waals surface area contributed by atoms with Crippen LogP contribution in [0.2, 0.25) is 0 Å². The number of carbonyl (C=O) groups is 1. The van der Waals surface area contributed by atoms with E-state index in [0.29, 0.717) is 5.69 Å². The molecule has 0 aliphatic rings. The van der Waals surface area contributed by atoms with Crippen LogP contribution in [0.4, 0.5) is 10.5 Å². The third-order valence-corrected chi connectivity index (χ3v) is 4.40. The Morgan fingerprint density at radius 3 is 2.92 bits per heavy atom. The van der Waals surface area contributed by atoms with Gasteiger partial charge in [-0.25, -0.2) is 14.5 Å². The van der Waals surface area contributed by atoms with E-state index in [-0.39, 0.29) is 12.1 Å². The van der Waals surface area contributed by atoms with Gasteiger partial charge >= 0.3 is 6.03 Å². The van der Waals surface area contributed by atoms with Gasteiger partial charge < -0.3 is 10.6 Å². The molecule has 9 heteroatoms. The lowest BCUT2D eigenvalue weighted by atomic mass is 10.2. The standard InChI is InChI=1S/C15H17N7OS/c1-3-12(14-16-6-7-24-14)19-15(23)18-11-4-5-13(10(2)8-11)22-9-17-20-21-22/h4-9,12H,3H2,1-2H3,(H2,18,19,23)/t12-/m1/s1. The van der Waals surface area contributed by atoms with Gasteiger partial charge in [0.15, 0.2) is 0 Å². The van der Waals surface area contributed by atoms with Gasteiger partial charge in [0.2, 0.25) is 0 Å². The molecular weight excluding hydrogens is 326 g/mol. The van der Waals surface area contributed by atoms with Crippen LogP contribution >= 0.6 is 11.3 Å². The van der Waals surface area contributed by atoms with Crippen LogP contribution in [0.3, 0.4) is 0 Å². The number of tetrazole rings is 1. The maximum Gasteiger partial charge on any atom is 0.319 e. The third-order valence-electron chi connectivity index (χ3n) is 3.51. The van der Waals surface area contributed by atoms with Crippen LogP contribution in [0.15, 0.2) is 36.1 Å². The van der Waals surface area contributed by atoms with E-state index in [0.717, 1.165) is 22.7 Å². The minimum atomic E-state index is -0.258. The normalized spacial score (nSPS) is 11.9. The first kappa shape index (κ1) is 16.1. The summed E-state index contributed by atoms with van der Waals surface area (Å²) < 4.78 is 1.58. The zero-order chi connectivity index (χ0) is 16.9. The molecule has 3 rings (SSSR count). The van der Waals surface area contributed by atoms with Crippen molar-refractivity contribution in [2.24, 2.45) is 0 Å². The maximum atomic E-state index is 12.2. The first-order chi connectivity index (χ1) is 11.7. The number of rotatable bonds is 5. The predicted octanol–water partition coefficient (Wildman–Crippen LogP) is 2.70. The van der Waals surface area contributed by atoms with Crippen molar-refractivity contribution in [2.75, 3.05) is 5.32 Å². The molecule has 0 fully saturated rings. The second kappa shape index (κ2) is 7.18. The van der Waals surface area contributed by atoms with Crippen molar-refractivity contribution in [3.63, 3.8) is 0 Å². The molecule has 0 radical (unpaired) electrons. The molecule has 2 heterocycles. The van der Waals surface area contributed by atoms with Crippen molar-refractivity contribution in [1.82, 2.24) is 30.5 Å². The van der Waals surface area contributed by atoms with Crippen LogP contribution in [0, 0.1) is 6.92 Å². The molecule has 8 nitrogen and oxygen atoms in total. The number of benzene rings is 1. The molecule has 0 saturated heterocycles. The number of hydrogen-bond acceptors (Lipinski definition) is 6. The molecule has 1 aromatic carbocycles. The van der Waals surface area contributed by atoms with Gasteiger partial charge in [-0.05, 0) is 47.5 Å². The van der Waals surface area contributed by atoms with Crippen molar-refractivity contribution in [3.05, 3.63) is 46.7 Å². The van der Waals surface area contributed by atoms with E-state index >= 15 is 0 Å². The molecule has 24 heavy (non-hydrogen) atoms. The Kier molecular flexibility index (Phi) is 4.80. The van der Waals surface area contributed by atoms with E-state index in [1.165, 1.54) is 17.7 Å². The van der Waals surface area contributed by atoms with E-state index in [9.17, 15) is 4.79 Å². The number of amides is 2. The molecule has 0 saturated carbocycles. The zero-order valence-corrected chi connectivity index (χ0v) is 14.1. The summed E-state index contributed by atoms with van der Waals surface area (Å²) >= 11 is 1.53. The second-order valence-electron chi connectivity index (χ2n) is 5.19. The number of anilines is 1. The molecular formula is C15H17N7OS. The molecule has 2 aromatic heterocycles. The number of urea groups is 1. The van der Waals surface area contributed by atoms with Crippen LogP contribution in [0.1, 0.15) is 30.0 Å². The van der Waals surface area contributed by atoms with E-state index in [2.05, 4.69) is 31.1 Å². The monoisotopic (exact) mass is 343 g/mol. The van der Waals surface area contributed by atoms with Crippen LogP contribution in [-0.4, -0.2) is 31.2 Å². The summed E-state index contributed by atoms with van der Waals surface area (Å²) in [7, 11) is 0. The molecule has 2 N–H and O–H groups in total. The average molecular weight is 343 g/mol. The van der Waals surface area contributed by atoms with Crippen molar-refractivity contribution in [3.8, 4) is 5.69 Å². The van der Waals surface area contributed by atoms with Crippen LogP contribution < -0.4 is 10.6 Å². The van der Waals surface area contributed by atoms with E-state index < -0.39 is 0 Å². The molecule has 0 bridgehead atoms. The highest BCUT2D eigenvalue weighted by molar-refractivity contribution is 7.09. The molecule has 0 spiro atoms. The maximum absolute atomic E-state index is 12.2. The summed E-state index contributed by atoms with van der Waals surface area (Å²) in [6.07, 6.45) is 4.05. The fraction of sp³-hybridized carbons (Fsp3) is 0.267. The summed E-state index contributed by atoms with van der Waals surface area (Å²) in [4.78, 5) is 16.5. The van der Waals surface area contributed by atoms with Crippen molar-refractivity contribution in [2.45, 2.75) is 26.3 Å². The Hall–Kier alpha value is -2.81. The number of aromatic nitrogens is 5. The molecule has 0 unspecified atom stereocenters. The Morgan fingerprint density at radius 2 is 2.29 bits per heavy atom. The highest BCUT2D eigenvalue weighted by atomic mass is 32.1. The van der Waals surface area contributed by atoms with E-state index in [1.807, 2.05) is 37.4 Å². The van der Waals surface area contributed by atoms with Crippen LogP contribution in [0.25, 0.3) is 5.69 Å². The number of thiazole rings is 1. The zero-order valence-electron chi connectivity index (χ0n) is 13.3. The highest BCUT2D eigenvalue weighted by Gasteiger charge is 2.15. The van der Waals surface area contributed by atoms with Gasteiger partial charge in [-0.2, -0.15) is 0 Å².